The highest BCUT2D eigenvalue weighted by Gasteiger charge is 2.23. The van der Waals surface area contributed by atoms with E-state index >= 15 is 0 Å². The van der Waals surface area contributed by atoms with Gasteiger partial charge in [-0.2, -0.15) is 0 Å². The number of aryl methyl sites for hydroxylation is 1. The van der Waals surface area contributed by atoms with E-state index in [9.17, 15) is 9.59 Å². The molecule has 0 aliphatic carbocycles. The number of nitrogens with one attached hydrogen (secondary N) is 1. The van der Waals surface area contributed by atoms with Crippen molar-refractivity contribution in [2.45, 2.75) is 38.8 Å². The molecule has 0 spiro atoms. The van der Waals surface area contributed by atoms with Crippen molar-refractivity contribution in [1.82, 2.24) is 10.2 Å². The monoisotopic (exact) mass is 289 g/mol. The van der Waals surface area contributed by atoms with Gasteiger partial charge in [0.15, 0.2) is 0 Å². The van der Waals surface area contributed by atoms with E-state index in [0.717, 1.165) is 24.1 Å². The third kappa shape index (κ3) is 4.04. The first-order valence-corrected chi connectivity index (χ1v) is 7.37. The smallest absolute Gasteiger partial charge is 0.241 e. The zero-order valence-electron chi connectivity index (χ0n) is 12.6. The summed E-state index contributed by atoms with van der Waals surface area (Å²) < 4.78 is 0. The molecule has 114 valence electrons. The van der Waals surface area contributed by atoms with Gasteiger partial charge in [0.2, 0.25) is 11.8 Å². The lowest BCUT2D eigenvalue weighted by molar-refractivity contribution is -0.129. The molecule has 1 saturated heterocycles. The Balaban J connectivity index is 1.88. The number of carbonyl (C=O) groups excluding carboxylic acids is 2. The highest BCUT2D eigenvalue weighted by atomic mass is 16.2. The third-order valence-corrected chi connectivity index (χ3v) is 3.77. The second-order valence-corrected chi connectivity index (χ2v) is 5.74. The standard InChI is InChI=1S/C16H23N3O2/c1-11-5-7-13(8-6-11)15(17)16(21)18-12(2)10-19-9-3-4-14(19)20/h5-8,12,15H,3-4,9-10,17H2,1-2H3,(H,18,21). The predicted molar refractivity (Wildman–Crippen MR) is 81.5 cm³/mol. The summed E-state index contributed by atoms with van der Waals surface area (Å²) in [6.07, 6.45) is 1.52. The van der Waals surface area contributed by atoms with Gasteiger partial charge in [-0.25, -0.2) is 0 Å². The van der Waals surface area contributed by atoms with E-state index in [1.165, 1.54) is 0 Å². The van der Waals surface area contributed by atoms with Gasteiger partial charge in [0.25, 0.3) is 0 Å². The van der Waals surface area contributed by atoms with Crippen molar-refractivity contribution in [3.05, 3.63) is 35.4 Å². The van der Waals surface area contributed by atoms with Crippen molar-refractivity contribution < 1.29 is 9.59 Å². The highest BCUT2D eigenvalue weighted by molar-refractivity contribution is 5.83. The maximum absolute atomic E-state index is 12.2. The maximum Gasteiger partial charge on any atom is 0.241 e. The quantitative estimate of drug-likeness (QED) is 0.853. The van der Waals surface area contributed by atoms with E-state index < -0.39 is 6.04 Å². The van der Waals surface area contributed by atoms with E-state index in [0.29, 0.717) is 13.0 Å². The number of carbonyl (C=O) groups is 2. The molecule has 2 unspecified atom stereocenters. The Bertz CT molecular complexity index is 513. The van der Waals surface area contributed by atoms with Crippen molar-refractivity contribution in [1.29, 1.82) is 0 Å². The van der Waals surface area contributed by atoms with Gasteiger partial charge in [-0.3, -0.25) is 9.59 Å². The molecule has 1 fully saturated rings. The molecule has 21 heavy (non-hydrogen) atoms. The second kappa shape index (κ2) is 6.72. The summed E-state index contributed by atoms with van der Waals surface area (Å²) in [5.41, 5.74) is 7.91. The van der Waals surface area contributed by atoms with Crippen molar-refractivity contribution in [2.75, 3.05) is 13.1 Å². The molecule has 3 N–H and O–H groups in total. The van der Waals surface area contributed by atoms with Crippen LogP contribution in [0.1, 0.15) is 36.9 Å². The first-order chi connectivity index (χ1) is 9.97. The van der Waals surface area contributed by atoms with Crippen LogP contribution in [0.4, 0.5) is 0 Å². The molecule has 2 amide bonds. The number of benzene rings is 1. The molecule has 0 saturated carbocycles. The lowest BCUT2D eigenvalue weighted by Crippen LogP contribution is -2.45. The van der Waals surface area contributed by atoms with Gasteiger partial charge in [0.05, 0.1) is 0 Å². The molecule has 5 nitrogen and oxygen atoms in total. The van der Waals surface area contributed by atoms with Crippen LogP contribution in [0.3, 0.4) is 0 Å². The molecule has 0 bridgehead atoms. The number of amides is 2. The predicted octanol–water partition coefficient (Wildman–Crippen LogP) is 1.12. The second-order valence-electron chi connectivity index (χ2n) is 5.74. The van der Waals surface area contributed by atoms with Crippen LogP contribution in [0.5, 0.6) is 0 Å². The number of nitrogens with zero attached hydrogens (tertiary/aromatic N) is 1. The first kappa shape index (κ1) is 15.5. The normalized spacial score (nSPS) is 17.7. The largest absolute Gasteiger partial charge is 0.350 e. The minimum absolute atomic E-state index is 0.101. The van der Waals surface area contributed by atoms with E-state index in [4.69, 9.17) is 5.73 Å². The molecule has 5 heteroatoms. The average Bonchev–Trinajstić information content (AvgIpc) is 2.84. The fourth-order valence-corrected chi connectivity index (χ4v) is 2.53. The molecular formula is C16H23N3O2. The minimum Gasteiger partial charge on any atom is -0.350 e. The van der Waals surface area contributed by atoms with Gasteiger partial charge >= 0.3 is 0 Å². The lowest BCUT2D eigenvalue weighted by atomic mass is 10.1. The number of likely N-dealkylation sites (tertiary alicyclic amines) is 1. The Labute approximate surface area is 125 Å². The van der Waals surface area contributed by atoms with Gasteiger partial charge < -0.3 is 16.0 Å². The van der Waals surface area contributed by atoms with Crippen molar-refractivity contribution in [3.8, 4) is 0 Å². The molecular weight excluding hydrogens is 266 g/mol. The van der Waals surface area contributed by atoms with Crippen molar-refractivity contribution >= 4 is 11.8 Å². The summed E-state index contributed by atoms with van der Waals surface area (Å²) in [6.45, 7) is 5.21. The Morgan fingerprint density at radius 3 is 2.62 bits per heavy atom. The summed E-state index contributed by atoms with van der Waals surface area (Å²) >= 11 is 0. The summed E-state index contributed by atoms with van der Waals surface area (Å²) in [5, 5.41) is 2.88. The van der Waals surface area contributed by atoms with Gasteiger partial charge in [-0.1, -0.05) is 29.8 Å². The minimum atomic E-state index is -0.678. The zero-order valence-corrected chi connectivity index (χ0v) is 12.6. The van der Waals surface area contributed by atoms with Crippen molar-refractivity contribution in [2.24, 2.45) is 5.73 Å². The Morgan fingerprint density at radius 2 is 2.05 bits per heavy atom. The molecule has 1 aliphatic heterocycles. The van der Waals surface area contributed by atoms with Crippen LogP contribution >= 0.6 is 0 Å². The summed E-state index contributed by atoms with van der Waals surface area (Å²) in [6, 6.07) is 6.84. The number of nitrogens with two attached hydrogens (primary N) is 1. The van der Waals surface area contributed by atoms with Crippen molar-refractivity contribution in [3.63, 3.8) is 0 Å². The fourth-order valence-electron chi connectivity index (χ4n) is 2.53. The van der Waals surface area contributed by atoms with Crippen LogP contribution in [-0.2, 0) is 9.59 Å². The molecule has 2 atom stereocenters. The van der Waals surface area contributed by atoms with Gasteiger partial charge in [-0.15, -0.1) is 0 Å². The summed E-state index contributed by atoms with van der Waals surface area (Å²) in [4.78, 5) is 25.5. The molecule has 0 radical (unpaired) electrons. The Kier molecular flexibility index (Phi) is 4.96. The highest BCUT2D eigenvalue weighted by Crippen LogP contribution is 2.13. The topological polar surface area (TPSA) is 75.4 Å². The summed E-state index contributed by atoms with van der Waals surface area (Å²) in [5.74, 6) is -0.0445. The van der Waals surface area contributed by atoms with Crippen LogP contribution in [0, 0.1) is 6.92 Å². The fraction of sp³-hybridized carbons (Fsp3) is 0.500. The molecule has 1 aromatic carbocycles. The SMILES string of the molecule is Cc1ccc(C(N)C(=O)NC(C)CN2CCCC2=O)cc1. The number of rotatable bonds is 5. The third-order valence-electron chi connectivity index (χ3n) is 3.77. The molecule has 1 heterocycles. The van der Waals surface area contributed by atoms with Gasteiger partial charge in [0.1, 0.15) is 6.04 Å². The van der Waals surface area contributed by atoms with E-state index in [-0.39, 0.29) is 17.9 Å². The van der Waals surface area contributed by atoms with E-state index in [1.54, 1.807) is 4.90 Å². The van der Waals surface area contributed by atoms with E-state index in [2.05, 4.69) is 5.32 Å². The van der Waals surface area contributed by atoms with Crippen LogP contribution < -0.4 is 11.1 Å². The Morgan fingerprint density at radius 1 is 1.38 bits per heavy atom. The van der Waals surface area contributed by atoms with E-state index in [1.807, 2.05) is 38.1 Å². The Hall–Kier alpha value is -1.88. The van der Waals surface area contributed by atoms with Crippen LogP contribution in [0.25, 0.3) is 0 Å². The van der Waals surface area contributed by atoms with Crippen LogP contribution in [-0.4, -0.2) is 35.8 Å². The van der Waals surface area contributed by atoms with Gasteiger partial charge in [0, 0.05) is 25.6 Å². The zero-order chi connectivity index (χ0) is 15.4. The molecule has 1 aliphatic rings. The molecule has 0 aromatic heterocycles. The molecule has 2 rings (SSSR count). The first-order valence-electron chi connectivity index (χ1n) is 7.37. The number of hydrogen-bond donors (Lipinski definition) is 2. The lowest BCUT2D eigenvalue weighted by Gasteiger charge is -2.23. The average molecular weight is 289 g/mol. The summed E-state index contributed by atoms with van der Waals surface area (Å²) in [7, 11) is 0. The number of hydrogen-bond acceptors (Lipinski definition) is 3. The maximum atomic E-state index is 12.2. The molecule has 1 aromatic rings. The van der Waals surface area contributed by atoms with Gasteiger partial charge in [-0.05, 0) is 25.8 Å². The van der Waals surface area contributed by atoms with Crippen LogP contribution in [0.2, 0.25) is 0 Å². The van der Waals surface area contributed by atoms with Crippen LogP contribution in [0.15, 0.2) is 24.3 Å².